The fourth-order valence-electron chi connectivity index (χ4n) is 1.04. The van der Waals surface area contributed by atoms with Crippen molar-refractivity contribution in [3.8, 4) is 0 Å². The average molecular weight is 262 g/mol. The van der Waals surface area contributed by atoms with Crippen LogP contribution in [0.1, 0.15) is 16.7 Å². The van der Waals surface area contributed by atoms with Gasteiger partial charge in [0.1, 0.15) is 0 Å². The van der Waals surface area contributed by atoms with Gasteiger partial charge in [0, 0.05) is 0 Å². The van der Waals surface area contributed by atoms with Crippen molar-refractivity contribution >= 4 is 21.2 Å². The molecule has 0 aromatic heterocycles. The molecule has 0 unspecified atom stereocenters. The molecule has 0 bridgehead atoms. The monoisotopic (exact) mass is 262 g/mol. The smallest absolute Gasteiger partial charge is 0.182 e. The predicted octanol–water partition coefficient (Wildman–Crippen LogP) is 3.10. The Hall–Kier alpha value is -0.250. The van der Waals surface area contributed by atoms with Crippen molar-refractivity contribution in [2.45, 2.75) is 20.8 Å². The number of aryl methyl sites for hydroxylation is 2. The van der Waals surface area contributed by atoms with Crippen molar-refractivity contribution in [2.24, 2.45) is 0 Å². The maximum absolute atomic E-state index is 10.8. The summed E-state index contributed by atoms with van der Waals surface area (Å²) in [6.07, 6.45) is 0. The summed E-state index contributed by atoms with van der Waals surface area (Å²) in [6.45, 7) is 6.10. The van der Waals surface area contributed by atoms with Crippen molar-refractivity contribution in [1.82, 2.24) is 0 Å². The predicted molar refractivity (Wildman–Crippen MR) is 54.1 cm³/mol. The van der Waals surface area contributed by atoms with E-state index in [0.29, 0.717) is 0 Å². The van der Waals surface area contributed by atoms with Gasteiger partial charge in [0.15, 0.2) is 21.2 Å². The molecule has 11 heavy (non-hydrogen) atoms. The molecule has 0 saturated carbocycles. The van der Waals surface area contributed by atoms with Gasteiger partial charge in [-0.25, -0.2) is 0 Å². The number of hydrogen-bond acceptors (Lipinski definition) is 1. The van der Waals surface area contributed by atoms with Crippen LogP contribution in [-0.2, 0) is 3.07 Å². The molecule has 2 heteroatoms. The first kappa shape index (κ1) is 8.84. The first-order valence-electron chi connectivity index (χ1n) is 3.50. The third-order valence-corrected chi connectivity index (χ3v) is 4.03. The summed E-state index contributed by atoms with van der Waals surface area (Å²) >= 11 is -1.00. The largest absolute Gasteiger partial charge is 0.265 e. The zero-order chi connectivity index (χ0) is 8.43. The van der Waals surface area contributed by atoms with E-state index in [4.69, 9.17) is 0 Å². The highest BCUT2D eigenvalue weighted by molar-refractivity contribution is 14.1. The normalized spacial score (nSPS) is 10.1. The molecule has 1 aromatic rings. The van der Waals surface area contributed by atoms with Gasteiger partial charge in [0.2, 0.25) is 0 Å². The Morgan fingerprint density at radius 3 is 2.09 bits per heavy atom. The first-order chi connectivity index (χ1) is 5.16. The second kappa shape index (κ2) is 3.43. The third kappa shape index (κ3) is 1.67. The minimum Gasteiger partial charge on any atom is -0.265 e. The molecule has 1 nitrogen and oxygen atoms in total. The van der Waals surface area contributed by atoms with Crippen molar-refractivity contribution in [1.29, 1.82) is 0 Å². The number of halogens is 1. The fraction of sp³-hybridized carbons (Fsp3) is 0.333. The Kier molecular flexibility index (Phi) is 2.76. The van der Waals surface area contributed by atoms with Crippen molar-refractivity contribution in [3.05, 3.63) is 32.4 Å². The molecule has 0 radical (unpaired) electrons. The molecule has 1 aromatic carbocycles. The molecule has 1 rings (SSSR count). The highest BCUT2D eigenvalue weighted by Gasteiger charge is 2.03. The van der Waals surface area contributed by atoms with Crippen LogP contribution in [0.15, 0.2) is 12.1 Å². The summed E-state index contributed by atoms with van der Waals surface area (Å²) in [7, 11) is 0. The highest BCUT2D eigenvalue weighted by atomic mass is 127. The molecule has 0 atom stereocenters. The van der Waals surface area contributed by atoms with Gasteiger partial charge >= 0.3 is 0 Å². The quantitative estimate of drug-likeness (QED) is 0.711. The van der Waals surface area contributed by atoms with E-state index in [0.717, 1.165) is 9.13 Å². The second-order valence-electron chi connectivity index (χ2n) is 2.72. The van der Waals surface area contributed by atoms with E-state index in [-0.39, 0.29) is 0 Å². The van der Waals surface area contributed by atoms with E-state index >= 15 is 0 Å². The van der Waals surface area contributed by atoms with Gasteiger partial charge < -0.3 is 0 Å². The van der Waals surface area contributed by atoms with Crippen LogP contribution in [0.25, 0.3) is 0 Å². The van der Waals surface area contributed by atoms with Gasteiger partial charge in [-0.2, -0.15) is 0 Å². The number of rotatable bonds is 1. The molecule has 0 spiro atoms. The van der Waals surface area contributed by atoms with Crippen molar-refractivity contribution in [3.63, 3.8) is 0 Å². The van der Waals surface area contributed by atoms with Crippen LogP contribution in [0.4, 0.5) is 0 Å². The maximum Gasteiger partial charge on any atom is 0.182 e. The molecule has 0 aliphatic heterocycles. The topological polar surface area (TPSA) is 17.1 Å². The Morgan fingerprint density at radius 1 is 1.09 bits per heavy atom. The van der Waals surface area contributed by atoms with Gasteiger partial charge in [-0.3, -0.25) is 3.07 Å². The van der Waals surface area contributed by atoms with E-state index in [2.05, 4.69) is 13.0 Å². The van der Waals surface area contributed by atoms with Crippen LogP contribution >= 0.6 is 21.2 Å². The van der Waals surface area contributed by atoms with E-state index < -0.39 is 21.2 Å². The van der Waals surface area contributed by atoms with E-state index in [1.54, 1.807) is 0 Å². The zero-order valence-corrected chi connectivity index (χ0v) is 9.10. The van der Waals surface area contributed by atoms with Crippen LogP contribution in [0.3, 0.4) is 0 Å². The first-order valence-corrected chi connectivity index (χ1v) is 5.46. The molecule has 0 aliphatic rings. The Balaban J connectivity index is 3.40. The van der Waals surface area contributed by atoms with Gasteiger partial charge in [0.05, 0.1) is 3.57 Å². The Labute approximate surface area is 77.5 Å². The lowest BCUT2D eigenvalue weighted by Gasteiger charge is -2.04. The average Bonchev–Trinajstić information content (AvgIpc) is 1.99. The van der Waals surface area contributed by atoms with E-state index in [1.165, 1.54) is 11.1 Å². The van der Waals surface area contributed by atoms with Crippen LogP contribution in [0, 0.1) is 24.3 Å². The molecule has 0 heterocycles. The minimum absolute atomic E-state index is 1.00. The van der Waals surface area contributed by atoms with Gasteiger partial charge in [0.25, 0.3) is 0 Å². The Bertz CT molecular complexity index is 292. The maximum atomic E-state index is 10.8. The van der Waals surface area contributed by atoms with Crippen molar-refractivity contribution < 1.29 is 3.07 Å². The fourth-order valence-corrected chi connectivity index (χ4v) is 2.32. The van der Waals surface area contributed by atoms with Crippen LogP contribution in [-0.4, -0.2) is 0 Å². The molecule has 0 aliphatic carbocycles. The molecular formula is C9H11IO. The second-order valence-corrected chi connectivity index (χ2v) is 4.23. The molecule has 0 amide bonds. The summed E-state index contributed by atoms with van der Waals surface area (Å²) in [5, 5.41) is 0. The minimum atomic E-state index is -1.00. The summed E-state index contributed by atoms with van der Waals surface area (Å²) < 4.78 is 11.9. The van der Waals surface area contributed by atoms with Gasteiger partial charge in [-0.05, 0) is 37.5 Å². The van der Waals surface area contributed by atoms with Crippen LogP contribution in [0.5, 0.6) is 0 Å². The lowest BCUT2D eigenvalue weighted by Crippen LogP contribution is -1.89. The molecule has 0 N–H and O–H groups in total. The SMILES string of the molecule is Cc1ccc(C)c(I=O)c1C. The summed E-state index contributed by atoms with van der Waals surface area (Å²) in [5.41, 5.74) is 3.60. The molecule has 0 saturated heterocycles. The van der Waals surface area contributed by atoms with Crippen LogP contribution < -0.4 is 0 Å². The standard InChI is InChI=1S/C9H11IO/c1-6-4-5-7(2)9(10-11)8(6)3/h4-5H,1-3H3. The van der Waals surface area contributed by atoms with E-state index in [9.17, 15) is 3.07 Å². The lowest BCUT2D eigenvalue weighted by molar-refractivity contribution is 0.648. The van der Waals surface area contributed by atoms with Gasteiger partial charge in [-0.15, -0.1) is 0 Å². The molecule has 60 valence electrons. The highest BCUT2D eigenvalue weighted by Crippen LogP contribution is 2.22. The summed E-state index contributed by atoms with van der Waals surface area (Å²) in [6, 6.07) is 4.11. The van der Waals surface area contributed by atoms with Crippen LogP contribution in [0.2, 0.25) is 0 Å². The lowest BCUT2D eigenvalue weighted by atomic mass is 10.1. The van der Waals surface area contributed by atoms with Crippen molar-refractivity contribution in [2.75, 3.05) is 0 Å². The number of benzene rings is 1. The summed E-state index contributed by atoms with van der Waals surface area (Å²) in [4.78, 5) is 0. The molecular weight excluding hydrogens is 251 g/mol. The zero-order valence-electron chi connectivity index (χ0n) is 6.94. The van der Waals surface area contributed by atoms with Gasteiger partial charge in [-0.1, -0.05) is 12.1 Å². The number of hydrogen-bond donors (Lipinski definition) is 0. The Morgan fingerprint density at radius 2 is 1.64 bits per heavy atom. The summed E-state index contributed by atoms with van der Waals surface area (Å²) in [5.74, 6) is 0. The third-order valence-electron chi connectivity index (χ3n) is 1.93. The van der Waals surface area contributed by atoms with E-state index in [1.807, 2.05) is 19.9 Å². The molecule has 0 fully saturated rings.